The van der Waals surface area contributed by atoms with E-state index in [0.717, 1.165) is 26.1 Å². The van der Waals surface area contributed by atoms with Crippen molar-refractivity contribution in [3.63, 3.8) is 0 Å². The average Bonchev–Trinajstić information content (AvgIpc) is 2.31. The van der Waals surface area contributed by atoms with Gasteiger partial charge in [-0.3, -0.25) is 0 Å². The van der Waals surface area contributed by atoms with Gasteiger partial charge in [-0.05, 0) is 18.4 Å². The average molecular weight is 221 g/mol. The molecule has 2 nitrogen and oxygen atoms in total. The Balaban J connectivity index is 2.38. The predicted molar refractivity (Wildman–Crippen MR) is 65.0 cm³/mol. The zero-order valence-corrected chi connectivity index (χ0v) is 9.43. The summed E-state index contributed by atoms with van der Waals surface area (Å²) in [5.74, 6) is 0. The van der Waals surface area contributed by atoms with Gasteiger partial charge in [-0.25, -0.2) is 0 Å². The van der Waals surface area contributed by atoms with E-state index in [4.69, 9.17) is 22.7 Å². The number of hydrogen-bond acceptors (Lipinski definition) is 2. The highest BCUT2D eigenvalue weighted by atomic mass is 32.1. The van der Waals surface area contributed by atoms with Crippen molar-refractivity contribution in [2.75, 3.05) is 13.2 Å². The molecule has 0 amide bonds. The first-order valence-electron chi connectivity index (χ1n) is 5.19. The Morgan fingerprint density at radius 3 is 2.33 bits per heavy atom. The van der Waals surface area contributed by atoms with Crippen LogP contribution < -0.4 is 5.73 Å². The number of ether oxygens (including phenoxy) is 1. The molecule has 80 valence electrons. The van der Waals surface area contributed by atoms with Crippen LogP contribution in [-0.2, 0) is 10.2 Å². The highest BCUT2D eigenvalue weighted by molar-refractivity contribution is 7.80. The maximum Gasteiger partial charge on any atom is 0.0836 e. The smallest absolute Gasteiger partial charge is 0.0836 e. The predicted octanol–water partition coefficient (Wildman–Crippen LogP) is 2.02. The highest BCUT2D eigenvalue weighted by Gasteiger charge is 2.37. The first-order chi connectivity index (χ1) is 7.26. The molecule has 0 aliphatic carbocycles. The lowest BCUT2D eigenvalue weighted by Crippen LogP contribution is -2.44. The van der Waals surface area contributed by atoms with Gasteiger partial charge in [0, 0.05) is 18.6 Å². The van der Waals surface area contributed by atoms with Crippen molar-refractivity contribution >= 4 is 17.2 Å². The van der Waals surface area contributed by atoms with Crippen LogP contribution in [0.1, 0.15) is 18.4 Å². The van der Waals surface area contributed by atoms with Gasteiger partial charge in [0.1, 0.15) is 0 Å². The lowest BCUT2D eigenvalue weighted by molar-refractivity contribution is 0.0712. The number of nitrogens with two attached hydrogens (primary N) is 1. The summed E-state index contributed by atoms with van der Waals surface area (Å²) in [5.41, 5.74) is 6.99. The van der Waals surface area contributed by atoms with Gasteiger partial charge < -0.3 is 10.5 Å². The van der Waals surface area contributed by atoms with Gasteiger partial charge in [-0.15, -0.1) is 0 Å². The van der Waals surface area contributed by atoms with E-state index in [2.05, 4.69) is 12.1 Å². The highest BCUT2D eigenvalue weighted by Crippen LogP contribution is 2.34. The van der Waals surface area contributed by atoms with Crippen LogP contribution in [0.25, 0.3) is 0 Å². The number of hydrogen-bond donors (Lipinski definition) is 1. The molecule has 1 aliphatic rings. The van der Waals surface area contributed by atoms with Crippen molar-refractivity contribution in [2.24, 2.45) is 5.73 Å². The zero-order chi connectivity index (χ0) is 10.7. The third kappa shape index (κ3) is 1.90. The largest absolute Gasteiger partial charge is 0.393 e. The Kier molecular flexibility index (Phi) is 3.03. The SMILES string of the molecule is NC(=S)C1(c2ccccc2)CCOCC1. The second-order valence-electron chi connectivity index (χ2n) is 3.92. The van der Waals surface area contributed by atoms with E-state index in [1.54, 1.807) is 0 Å². The van der Waals surface area contributed by atoms with Crippen LogP contribution in [0.3, 0.4) is 0 Å². The van der Waals surface area contributed by atoms with Gasteiger partial charge in [-0.2, -0.15) is 0 Å². The van der Waals surface area contributed by atoms with Crippen LogP contribution in [0, 0.1) is 0 Å². The maximum absolute atomic E-state index is 5.91. The van der Waals surface area contributed by atoms with E-state index in [1.165, 1.54) is 5.56 Å². The Hall–Kier alpha value is -0.930. The molecule has 15 heavy (non-hydrogen) atoms. The van der Waals surface area contributed by atoms with Crippen LogP contribution in [-0.4, -0.2) is 18.2 Å². The van der Waals surface area contributed by atoms with Crippen LogP contribution in [0.15, 0.2) is 30.3 Å². The van der Waals surface area contributed by atoms with Gasteiger partial charge in [0.15, 0.2) is 0 Å². The van der Waals surface area contributed by atoms with E-state index < -0.39 is 0 Å². The molecular formula is C12H15NOS. The molecule has 1 saturated heterocycles. The summed E-state index contributed by atoms with van der Waals surface area (Å²) >= 11 is 5.23. The van der Waals surface area contributed by atoms with Gasteiger partial charge in [0.25, 0.3) is 0 Å². The molecule has 0 aromatic heterocycles. The maximum atomic E-state index is 5.91. The molecule has 2 N–H and O–H groups in total. The minimum absolute atomic E-state index is 0.144. The number of benzene rings is 1. The van der Waals surface area contributed by atoms with E-state index in [0.29, 0.717) is 4.99 Å². The lowest BCUT2D eigenvalue weighted by Gasteiger charge is -2.36. The Bertz CT molecular complexity index is 344. The van der Waals surface area contributed by atoms with Crippen molar-refractivity contribution < 1.29 is 4.74 Å². The van der Waals surface area contributed by atoms with E-state index >= 15 is 0 Å². The minimum Gasteiger partial charge on any atom is -0.393 e. The molecule has 0 atom stereocenters. The quantitative estimate of drug-likeness (QED) is 0.776. The topological polar surface area (TPSA) is 35.2 Å². The Morgan fingerprint density at radius 1 is 1.20 bits per heavy atom. The van der Waals surface area contributed by atoms with Gasteiger partial charge >= 0.3 is 0 Å². The molecule has 1 aliphatic heterocycles. The monoisotopic (exact) mass is 221 g/mol. The molecule has 0 bridgehead atoms. The fraction of sp³-hybridized carbons (Fsp3) is 0.417. The lowest BCUT2D eigenvalue weighted by atomic mass is 9.74. The van der Waals surface area contributed by atoms with Crippen LogP contribution in [0.4, 0.5) is 0 Å². The van der Waals surface area contributed by atoms with Gasteiger partial charge in [0.2, 0.25) is 0 Å². The zero-order valence-electron chi connectivity index (χ0n) is 8.61. The standard InChI is InChI=1S/C12H15NOS/c13-11(15)12(6-8-14-9-7-12)10-4-2-1-3-5-10/h1-5H,6-9H2,(H2,13,15). The molecule has 1 fully saturated rings. The summed E-state index contributed by atoms with van der Waals surface area (Å²) in [6, 6.07) is 10.3. The first-order valence-corrected chi connectivity index (χ1v) is 5.60. The van der Waals surface area contributed by atoms with Crippen LogP contribution in [0.5, 0.6) is 0 Å². The number of thiocarbonyl (C=S) groups is 1. The molecule has 3 heteroatoms. The third-order valence-corrected chi connectivity index (χ3v) is 3.54. The fourth-order valence-corrected chi connectivity index (χ4v) is 2.48. The Labute approximate surface area is 95.4 Å². The van der Waals surface area contributed by atoms with E-state index in [-0.39, 0.29) is 5.41 Å². The summed E-state index contributed by atoms with van der Waals surface area (Å²) in [5, 5.41) is 0. The number of rotatable bonds is 2. The second kappa shape index (κ2) is 4.29. The Morgan fingerprint density at radius 2 is 1.80 bits per heavy atom. The van der Waals surface area contributed by atoms with Crippen LogP contribution in [0.2, 0.25) is 0 Å². The van der Waals surface area contributed by atoms with Crippen molar-refractivity contribution in [1.29, 1.82) is 0 Å². The first kappa shape index (κ1) is 10.6. The van der Waals surface area contributed by atoms with Crippen LogP contribution >= 0.6 is 12.2 Å². The van der Waals surface area contributed by atoms with Gasteiger partial charge in [-0.1, -0.05) is 42.5 Å². The summed E-state index contributed by atoms with van der Waals surface area (Å²) in [7, 11) is 0. The summed E-state index contributed by atoms with van der Waals surface area (Å²) in [6.45, 7) is 1.48. The van der Waals surface area contributed by atoms with Crippen molar-refractivity contribution in [2.45, 2.75) is 18.3 Å². The molecule has 1 aromatic rings. The molecule has 0 spiro atoms. The van der Waals surface area contributed by atoms with Crippen molar-refractivity contribution in [1.82, 2.24) is 0 Å². The molecule has 1 aromatic carbocycles. The molecule has 0 radical (unpaired) electrons. The van der Waals surface area contributed by atoms with E-state index in [1.807, 2.05) is 18.2 Å². The molecule has 0 unspecified atom stereocenters. The van der Waals surface area contributed by atoms with Gasteiger partial charge in [0.05, 0.1) is 4.99 Å². The third-order valence-electron chi connectivity index (χ3n) is 3.14. The molecule has 2 rings (SSSR count). The van der Waals surface area contributed by atoms with Crippen molar-refractivity contribution in [3.8, 4) is 0 Å². The minimum atomic E-state index is -0.144. The summed E-state index contributed by atoms with van der Waals surface area (Å²) < 4.78 is 5.38. The molecule has 0 saturated carbocycles. The summed E-state index contributed by atoms with van der Waals surface area (Å²) in [4.78, 5) is 0.594. The van der Waals surface area contributed by atoms with E-state index in [9.17, 15) is 0 Å². The fourth-order valence-electron chi connectivity index (χ4n) is 2.15. The molecule has 1 heterocycles. The molecular weight excluding hydrogens is 206 g/mol. The second-order valence-corrected chi connectivity index (χ2v) is 4.36. The van der Waals surface area contributed by atoms with Crippen molar-refractivity contribution in [3.05, 3.63) is 35.9 Å². The normalized spacial score (nSPS) is 19.7. The summed E-state index contributed by atoms with van der Waals surface area (Å²) in [6.07, 6.45) is 1.79.